The van der Waals surface area contributed by atoms with Crippen LogP contribution in [0.4, 0.5) is 5.69 Å². The minimum absolute atomic E-state index is 0.171. The predicted molar refractivity (Wildman–Crippen MR) is 91.7 cm³/mol. The molecule has 7 heteroatoms. The molecule has 128 valence electrons. The largest absolute Gasteiger partial charge is 0.491 e. The van der Waals surface area contributed by atoms with Crippen molar-refractivity contribution in [2.75, 3.05) is 18.5 Å². The van der Waals surface area contributed by atoms with Gasteiger partial charge in [0.1, 0.15) is 12.4 Å². The minimum Gasteiger partial charge on any atom is -0.491 e. The molecule has 1 amide bonds. The molecule has 0 bridgehead atoms. The molecule has 1 aromatic heterocycles. The van der Waals surface area contributed by atoms with E-state index in [1.54, 1.807) is 25.4 Å². The van der Waals surface area contributed by atoms with Gasteiger partial charge in [-0.2, -0.15) is 5.10 Å². The van der Waals surface area contributed by atoms with Crippen molar-refractivity contribution in [2.24, 2.45) is 7.05 Å². The third kappa shape index (κ3) is 4.27. The van der Waals surface area contributed by atoms with Crippen molar-refractivity contribution in [1.29, 1.82) is 0 Å². The molecule has 6 nitrogen and oxygen atoms in total. The molecule has 1 unspecified atom stereocenters. The van der Waals surface area contributed by atoms with Gasteiger partial charge < -0.3 is 14.8 Å². The summed E-state index contributed by atoms with van der Waals surface area (Å²) in [5.74, 6) is 0.405. The highest BCUT2D eigenvalue weighted by molar-refractivity contribution is 6.34. The number of ether oxygens (including phenoxy) is 2. The van der Waals surface area contributed by atoms with Crippen molar-refractivity contribution < 1.29 is 14.3 Å². The van der Waals surface area contributed by atoms with Gasteiger partial charge in [-0.15, -0.1) is 0 Å². The Morgan fingerprint density at radius 1 is 1.42 bits per heavy atom. The molecule has 24 heavy (non-hydrogen) atoms. The van der Waals surface area contributed by atoms with E-state index in [4.69, 9.17) is 21.1 Å². The highest BCUT2D eigenvalue weighted by Gasteiger charge is 2.16. The van der Waals surface area contributed by atoms with Gasteiger partial charge in [0.25, 0.3) is 5.91 Å². The van der Waals surface area contributed by atoms with Crippen LogP contribution in [0.25, 0.3) is 0 Å². The monoisotopic (exact) mass is 349 g/mol. The fraction of sp³-hybridized carbons (Fsp3) is 0.412. The highest BCUT2D eigenvalue weighted by atomic mass is 35.5. The number of nitrogens with zero attached hydrogens (tertiary/aromatic N) is 2. The van der Waals surface area contributed by atoms with Crippen LogP contribution < -0.4 is 10.1 Å². The number of aromatic nitrogens is 2. The molecule has 1 saturated heterocycles. The van der Waals surface area contributed by atoms with E-state index in [9.17, 15) is 4.79 Å². The summed E-state index contributed by atoms with van der Waals surface area (Å²) in [6, 6.07) is 7.20. The number of carbonyl (C=O) groups is 1. The van der Waals surface area contributed by atoms with E-state index in [0.717, 1.165) is 25.2 Å². The molecule has 0 radical (unpaired) electrons. The number of rotatable bonds is 5. The average Bonchev–Trinajstić information content (AvgIpc) is 2.94. The van der Waals surface area contributed by atoms with E-state index >= 15 is 0 Å². The third-order valence-corrected chi connectivity index (χ3v) is 4.10. The van der Waals surface area contributed by atoms with Crippen molar-refractivity contribution in [2.45, 2.75) is 25.4 Å². The zero-order valence-corrected chi connectivity index (χ0v) is 14.3. The predicted octanol–water partition coefficient (Wildman–Crippen LogP) is 3.27. The third-order valence-electron chi connectivity index (χ3n) is 3.82. The first kappa shape index (κ1) is 16.8. The Bertz CT molecular complexity index is 694. The van der Waals surface area contributed by atoms with Crippen LogP contribution in [0.5, 0.6) is 5.75 Å². The van der Waals surface area contributed by atoms with Crippen molar-refractivity contribution in [1.82, 2.24) is 9.78 Å². The summed E-state index contributed by atoms with van der Waals surface area (Å²) >= 11 is 5.97. The normalized spacial score (nSPS) is 17.5. The fourth-order valence-corrected chi connectivity index (χ4v) is 2.83. The van der Waals surface area contributed by atoms with Crippen LogP contribution in [0.1, 0.15) is 29.8 Å². The first-order valence-corrected chi connectivity index (χ1v) is 8.34. The Labute approximate surface area is 145 Å². The van der Waals surface area contributed by atoms with Gasteiger partial charge in [-0.25, -0.2) is 0 Å². The lowest BCUT2D eigenvalue weighted by Gasteiger charge is -2.22. The number of halogens is 1. The molecule has 2 aromatic rings. The smallest absolute Gasteiger partial charge is 0.277 e. The first-order chi connectivity index (χ1) is 11.6. The van der Waals surface area contributed by atoms with Gasteiger partial charge in [-0.3, -0.25) is 9.48 Å². The molecule has 3 rings (SSSR count). The van der Waals surface area contributed by atoms with E-state index in [1.807, 2.05) is 12.1 Å². The summed E-state index contributed by atoms with van der Waals surface area (Å²) in [7, 11) is 1.71. The molecule has 1 atom stereocenters. The summed E-state index contributed by atoms with van der Waals surface area (Å²) in [6.07, 6.45) is 5.12. The first-order valence-electron chi connectivity index (χ1n) is 7.97. The zero-order chi connectivity index (χ0) is 16.9. The van der Waals surface area contributed by atoms with E-state index < -0.39 is 0 Å². The molecule has 1 N–H and O–H groups in total. The highest BCUT2D eigenvalue weighted by Crippen LogP contribution is 2.20. The van der Waals surface area contributed by atoms with Crippen LogP contribution in [0, 0.1) is 0 Å². The number of carbonyl (C=O) groups excluding carboxylic acids is 1. The van der Waals surface area contributed by atoms with Gasteiger partial charge >= 0.3 is 0 Å². The van der Waals surface area contributed by atoms with Gasteiger partial charge in [0.15, 0.2) is 5.69 Å². The van der Waals surface area contributed by atoms with Crippen molar-refractivity contribution in [3.63, 3.8) is 0 Å². The molecular formula is C17H20ClN3O3. The van der Waals surface area contributed by atoms with E-state index in [0.29, 0.717) is 17.3 Å². The number of aryl methyl sites for hydroxylation is 1. The molecule has 2 heterocycles. The molecule has 0 spiro atoms. The Morgan fingerprint density at radius 2 is 2.21 bits per heavy atom. The van der Waals surface area contributed by atoms with Gasteiger partial charge in [0.05, 0.1) is 11.1 Å². The van der Waals surface area contributed by atoms with Crippen LogP contribution in [-0.4, -0.2) is 35.0 Å². The van der Waals surface area contributed by atoms with Crippen LogP contribution >= 0.6 is 11.6 Å². The standard InChI is InChI=1S/C17H20ClN3O3/c1-21-10-15(18)16(20-21)17(22)19-12-5-7-13(8-6-12)24-11-14-4-2-3-9-23-14/h5-8,10,14H,2-4,9,11H2,1H3,(H,19,22). The maximum Gasteiger partial charge on any atom is 0.277 e. The van der Waals surface area contributed by atoms with Gasteiger partial charge in [0, 0.05) is 25.5 Å². The number of hydrogen-bond acceptors (Lipinski definition) is 4. The second-order valence-electron chi connectivity index (χ2n) is 5.78. The second kappa shape index (κ2) is 7.68. The fourth-order valence-electron chi connectivity index (χ4n) is 2.57. The van der Waals surface area contributed by atoms with Crippen molar-refractivity contribution in [3.8, 4) is 5.75 Å². The molecule has 1 aliphatic heterocycles. The summed E-state index contributed by atoms with van der Waals surface area (Å²) in [6.45, 7) is 1.37. The van der Waals surface area contributed by atoms with Crippen molar-refractivity contribution >= 4 is 23.2 Å². The van der Waals surface area contributed by atoms with Crippen LogP contribution in [0.2, 0.25) is 5.02 Å². The maximum atomic E-state index is 12.1. The molecule has 0 aliphatic carbocycles. The van der Waals surface area contributed by atoms with Gasteiger partial charge in [0.2, 0.25) is 0 Å². The van der Waals surface area contributed by atoms with Gasteiger partial charge in [-0.05, 0) is 43.5 Å². The quantitative estimate of drug-likeness (QED) is 0.899. The Kier molecular flexibility index (Phi) is 5.37. The summed E-state index contributed by atoms with van der Waals surface area (Å²) in [5, 5.41) is 7.13. The Balaban J connectivity index is 1.54. The summed E-state index contributed by atoms with van der Waals surface area (Å²) in [4.78, 5) is 12.1. The minimum atomic E-state index is -0.343. The van der Waals surface area contributed by atoms with Gasteiger partial charge in [-0.1, -0.05) is 11.6 Å². The van der Waals surface area contributed by atoms with Crippen LogP contribution in [0.15, 0.2) is 30.5 Å². The summed E-state index contributed by atoms with van der Waals surface area (Å²) in [5.41, 5.74) is 0.858. The topological polar surface area (TPSA) is 65.4 Å². The lowest BCUT2D eigenvalue weighted by Crippen LogP contribution is -2.25. The number of nitrogens with one attached hydrogen (secondary N) is 1. The number of benzene rings is 1. The molecule has 1 fully saturated rings. The van der Waals surface area contributed by atoms with Crippen LogP contribution in [-0.2, 0) is 11.8 Å². The van der Waals surface area contributed by atoms with E-state index in [2.05, 4.69) is 10.4 Å². The van der Waals surface area contributed by atoms with Crippen molar-refractivity contribution in [3.05, 3.63) is 41.2 Å². The maximum absolute atomic E-state index is 12.1. The lowest BCUT2D eigenvalue weighted by molar-refractivity contribution is -0.0110. The number of anilines is 1. The Hall–Kier alpha value is -2.05. The molecule has 1 aromatic carbocycles. The van der Waals surface area contributed by atoms with Crippen LogP contribution in [0.3, 0.4) is 0 Å². The van der Waals surface area contributed by atoms with E-state index in [-0.39, 0.29) is 17.7 Å². The Morgan fingerprint density at radius 3 is 2.83 bits per heavy atom. The summed E-state index contributed by atoms with van der Waals surface area (Å²) < 4.78 is 12.9. The molecular weight excluding hydrogens is 330 g/mol. The molecule has 1 aliphatic rings. The lowest BCUT2D eigenvalue weighted by atomic mass is 10.1. The second-order valence-corrected chi connectivity index (χ2v) is 6.18. The number of amides is 1. The van der Waals surface area contributed by atoms with E-state index in [1.165, 1.54) is 11.1 Å². The zero-order valence-electron chi connectivity index (χ0n) is 13.5. The SMILES string of the molecule is Cn1cc(Cl)c(C(=O)Nc2ccc(OCC3CCCCO3)cc2)n1. The molecule has 0 saturated carbocycles. The number of hydrogen-bond donors (Lipinski definition) is 1. The average molecular weight is 350 g/mol.